The molecule has 1 aliphatic carbocycles. The number of fused-ring (bicyclic) bond motifs is 1. The summed E-state index contributed by atoms with van der Waals surface area (Å²) in [7, 11) is 6.37. The molecular formula is C21H22O5. The van der Waals surface area contributed by atoms with Crippen LogP contribution in [-0.4, -0.2) is 34.2 Å². The van der Waals surface area contributed by atoms with Gasteiger partial charge in [-0.15, -0.1) is 0 Å². The molecular weight excluding hydrogens is 332 g/mol. The van der Waals surface area contributed by atoms with Gasteiger partial charge in [0.05, 0.1) is 28.4 Å². The van der Waals surface area contributed by atoms with Crippen molar-refractivity contribution in [2.75, 3.05) is 28.4 Å². The Morgan fingerprint density at radius 2 is 1.50 bits per heavy atom. The molecule has 0 saturated carbocycles. The van der Waals surface area contributed by atoms with Gasteiger partial charge >= 0.3 is 0 Å². The van der Waals surface area contributed by atoms with Gasteiger partial charge in [0.25, 0.3) is 0 Å². The normalized spacial score (nSPS) is 14.8. The minimum absolute atomic E-state index is 0.0331. The highest BCUT2D eigenvalue weighted by Crippen LogP contribution is 2.37. The summed E-state index contributed by atoms with van der Waals surface area (Å²) >= 11 is 0. The summed E-state index contributed by atoms with van der Waals surface area (Å²) < 4.78 is 21.4. The molecule has 0 N–H and O–H groups in total. The number of hydrogen-bond acceptors (Lipinski definition) is 5. The topological polar surface area (TPSA) is 54.0 Å². The summed E-state index contributed by atoms with van der Waals surface area (Å²) in [6.45, 7) is 0. The summed E-state index contributed by atoms with van der Waals surface area (Å²) in [6, 6.07) is 9.16. The third kappa shape index (κ3) is 3.25. The second kappa shape index (κ2) is 7.52. The molecule has 0 saturated heterocycles. The minimum Gasteiger partial charge on any atom is -0.497 e. The lowest BCUT2D eigenvalue weighted by atomic mass is 9.86. The first kappa shape index (κ1) is 17.9. The number of hydrogen-bond donors (Lipinski definition) is 0. The second-order valence-corrected chi connectivity index (χ2v) is 5.97. The zero-order valence-corrected chi connectivity index (χ0v) is 15.4. The quantitative estimate of drug-likeness (QED) is 0.762. The summed E-state index contributed by atoms with van der Waals surface area (Å²) in [5.41, 5.74) is 3.27. The van der Waals surface area contributed by atoms with Crippen LogP contribution in [0.2, 0.25) is 0 Å². The van der Waals surface area contributed by atoms with Gasteiger partial charge in [0.1, 0.15) is 11.5 Å². The van der Waals surface area contributed by atoms with Crippen LogP contribution in [0.4, 0.5) is 0 Å². The number of ether oxygens (including phenoxy) is 4. The van der Waals surface area contributed by atoms with Crippen LogP contribution in [0.5, 0.6) is 23.0 Å². The van der Waals surface area contributed by atoms with Crippen LogP contribution < -0.4 is 18.9 Å². The van der Waals surface area contributed by atoms with E-state index in [0.717, 1.165) is 34.4 Å². The molecule has 3 rings (SSSR count). The van der Waals surface area contributed by atoms with Crippen molar-refractivity contribution in [3.63, 3.8) is 0 Å². The van der Waals surface area contributed by atoms with Crippen LogP contribution in [0.25, 0.3) is 6.08 Å². The second-order valence-electron chi connectivity index (χ2n) is 5.97. The van der Waals surface area contributed by atoms with Crippen molar-refractivity contribution in [3.8, 4) is 23.0 Å². The Kier molecular flexibility index (Phi) is 5.16. The first-order chi connectivity index (χ1) is 12.6. The molecule has 0 spiro atoms. The highest BCUT2D eigenvalue weighted by molar-refractivity contribution is 6.13. The maximum absolute atomic E-state index is 12.9. The zero-order valence-electron chi connectivity index (χ0n) is 15.4. The van der Waals surface area contributed by atoms with Crippen LogP contribution in [0, 0.1) is 0 Å². The lowest BCUT2D eigenvalue weighted by Crippen LogP contribution is -2.14. The molecule has 136 valence electrons. The van der Waals surface area contributed by atoms with E-state index in [1.54, 1.807) is 34.5 Å². The average molecular weight is 354 g/mol. The van der Waals surface area contributed by atoms with Crippen molar-refractivity contribution in [2.45, 2.75) is 12.8 Å². The van der Waals surface area contributed by atoms with E-state index < -0.39 is 0 Å². The Labute approximate surface area is 153 Å². The first-order valence-corrected chi connectivity index (χ1v) is 8.33. The highest BCUT2D eigenvalue weighted by Gasteiger charge is 2.23. The van der Waals surface area contributed by atoms with Crippen molar-refractivity contribution in [2.24, 2.45) is 0 Å². The molecule has 5 heteroatoms. The predicted octanol–water partition coefficient (Wildman–Crippen LogP) is 3.93. The molecule has 0 amide bonds. The van der Waals surface area contributed by atoms with Crippen molar-refractivity contribution in [3.05, 3.63) is 52.6 Å². The first-order valence-electron chi connectivity index (χ1n) is 8.33. The Balaban J connectivity index is 2.01. The Morgan fingerprint density at radius 1 is 0.808 bits per heavy atom. The van der Waals surface area contributed by atoms with Crippen LogP contribution >= 0.6 is 0 Å². The molecule has 0 radical (unpaired) electrons. The molecule has 0 atom stereocenters. The van der Waals surface area contributed by atoms with Gasteiger partial charge in [0.2, 0.25) is 0 Å². The number of rotatable bonds is 5. The summed E-state index contributed by atoms with van der Waals surface area (Å²) in [6.07, 6.45) is 3.33. The van der Waals surface area contributed by atoms with Crippen LogP contribution in [-0.2, 0) is 6.42 Å². The number of methoxy groups -OCH3 is 4. The molecule has 0 aliphatic heterocycles. The lowest BCUT2D eigenvalue weighted by Gasteiger charge is -2.19. The number of benzene rings is 2. The minimum atomic E-state index is 0.0331. The van der Waals surface area contributed by atoms with Crippen molar-refractivity contribution >= 4 is 11.9 Å². The molecule has 0 bridgehead atoms. The van der Waals surface area contributed by atoms with Gasteiger partial charge in [0.15, 0.2) is 17.3 Å². The fraction of sp³-hybridized carbons (Fsp3) is 0.286. The maximum atomic E-state index is 12.9. The Hall–Kier alpha value is -2.95. The molecule has 26 heavy (non-hydrogen) atoms. The molecule has 0 unspecified atom stereocenters. The third-order valence-electron chi connectivity index (χ3n) is 4.58. The summed E-state index contributed by atoms with van der Waals surface area (Å²) in [5, 5.41) is 0. The predicted molar refractivity (Wildman–Crippen MR) is 99.7 cm³/mol. The standard InChI is InChI=1S/C21H22O5/c1-23-16-7-8-17-13(10-16)5-6-14(21(17)22)9-15-11-19(25-3)20(26-4)12-18(15)24-2/h7-12H,5-6H2,1-4H3/b14-9-. The van der Waals surface area contributed by atoms with Gasteiger partial charge in [-0.05, 0) is 48.7 Å². The van der Waals surface area contributed by atoms with Crippen molar-refractivity contribution in [1.82, 2.24) is 0 Å². The van der Waals surface area contributed by atoms with Gasteiger partial charge in [-0.1, -0.05) is 0 Å². The molecule has 5 nitrogen and oxygen atoms in total. The van der Waals surface area contributed by atoms with Gasteiger partial charge in [-0.2, -0.15) is 0 Å². The number of carbonyl (C=O) groups excluding carboxylic acids is 1. The van der Waals surface area contributed by atoms with E-state index in [2.05, 4.69) is 0 Å². The van der Waals surface area contributed by atoms with Gasteiger partial charge in [-0.25, -0.2) is 0 Å². The monoisotopic (exact) mass is 354 g/mol. The van der Waals surface area contributed by atoms with E-state index in [4.69, 9.17) is 18.9 Å². The van der Waals surface area contributed by atoms with Crippen LogP contribution in [0.15, 0.2) is 35.9 Å². The van der Waals surface area contributed by atoms with Crippen LogP contribution in [0.1, 0.15) is 27.9 Å². The summed E-state index contributed by atoms with van der Waals surface area (Å²) in [5.74, 6) is 2.60. The summed E-state index contributed by atoms with van der Waals surface area (Å²) in [4.78, 5) is 12.9. The Morgan fingerprint density at radius 3 is 2.15 bits per heavy atom. The molecule has 0 aromatic heterocycles. The number of ketones is 1. The SMILES string of the molecule is COc1ccc2c(c1)CC/C(=C/c1cc(OC)c(OC)cc1OC)C2=O. The molecule has 1 aliphatic rings. The Bertz CT molecular complexity index is 867. The zero-order chi connectivity index (χ0) is 18.7. The fourth-order valence-corrected chi connectivity index (χ4v) is 3.17. The van der Waals surface area contributed by atoms with Gasteiger partial charge in [-0.3, -0.25) is 4.79 Å². The van der Waals surface area contributed by atoms with Crippen LogP contribution in [0.3, 0.4) is 0 Å². The van der Waals surface area contributed by atoms with Crippen molar-refractivity contribution < 1.29 is 23.7 Å². The third-order valence-corrected chi connectivity index (χ3v) is 4.58. The van der Waals surface area contributed by atoms with E-state index >= 15 is 0 Å². The van der Waals surface area contributed by atoms with E-state index in [9.17, 15) is 4.79 Å². The molecule has 0 heterocycles. The van der Waals surface area contributed by atoms with E-state index in [1.807, 2.05) is 30.3 Å². The van der Waals surface area contributed by atoms with E-state index in [-0.39, 0.29) is 5.78 Å². The van der Waals surface area contributed by atoms with E-state index in [1.165, 1.54) is 0 Å². The fourth-order valence-electron chi connectivity index (χ4n) is 3.17. The molecule has 2 aromatic rings. The lowest BCUT2D eigenvalue weighted by molar-refractivity contribution is 0.102. The number of Topliss-reactive ketones (excluding diaryl/α,β-unsaturated/α-hetero) is 1. The molecule has 0 fully saturated rings. The van der Waals surface area contributed by atoms with Crippen molar-refractivity contribution in [1.29, 1.82) is 0 Å². The van der Waals surface area contributed by atoms with Gasteiger partial charge < -0.3 is 18.9 Å². The highest BCUT2D eigenvalue weighted by atomic mass is 16.5. The largest absolute Gasteiger partial charge is 0.497 e. The average Bonchev–Trinajstić information content (AvgIpc) is 2.69. The number of aryl methyl sites for hydroxylation is 1. The smallest absolute Gasteiger partial charge is 0.189 e. The van der Waals surface area contributed by atoms with E-state index in [0.29, 0.717) is 23.7 Å². The number of allylic oxidation sites excluding steroid dienone is 1. The van der Waals surface area contributed by atoms with Gasteiger partial charge in [0, 0.05) is 22.8 Å². The maximum Gasteiger partial charge on any atom is 0.189 e. The number of carbonyl (C=O) groups is 1. The molecule has 2 aromatic carbocycles.